The van der Waals surface area contributed by atoms with Gasteiger partial charge in [-0.25, -0.2) is 0 Å². The number of rotatable bonds is 5. The highest BCUT2D eigenvalue weighted by atomic mass is 35.5. The van der Waals surface area contributed by atoms with E-state index in [4.69, 9.17) is 11.6 Å². The largest absolute Gasteiger partial charge is 0.343 e. The molecule has 0 saturated carbocycles. The third-order valence-electron chi connectivity index (χ3n) is 4.30. The van der Waals surface area contributed by atoms with Crippen molar-refractivity contribution in [2.45, 2.75) is 26.2 Å². The lowest BCUT2D eigenvalue weighted by Gasteiger charge is -2.24. The second kappa shape index (κ2) is 7.28. The monoisotopic (exact) mass is 308 g/mol. The van der Waals surface area contributed by atoms with E-state index in [9.17, 15) is 4.79 Å². The van der Waals surface area contributed by atoms with Crippen molar-refractivity contribution in [3.8, 4) is 0 Å². The molecule has 0 N–H and O–H groups in total. The summed E-state index contributed by atoms with van der Waals surface area (Å²) in [6, 6.07) is 8.11. The summed E-state index contributed by atoms with van der Waals surface area (Å²) in [5.74, 6) is 1.26. The van der Waals surface area contributed by atoms with Crippen LogP contribution in [0, 0.1) is 5.92 Å². The molecule has 1 aromatic carbocycles. The maximum absolute atomic E-state index is 11.4. The number of likely N-dealkylation sites (N-methyl/N-ethyl adjacent to an activating group) is 1. The van der Waals surface area contributed by atoms with Crippen molar-refractivity contribution in [1.29, 1.82) is 0 Å². The molecule has 2 unspecified atom stereocenters. The van der Waals surface area contributed by atoms with E-state index in [-0.39, 0.29) is 5.91 Å². The smallest absolute Gasteiger partial charge is 0.219 e. The third-order valence-corrected chi connectivity index (χ3v) is 4.54. The summed E-state index contributed by atoms with van der Waals surface area (Å²) in [4.78, 5) is 15.7. The summed E-state index contributed by atoms with van der Waals surface area (Å²) in [7, 11) is 2.16. The zero-order valence-corrected chi connectivity index (χ0v) is 13.9. The second-order valence-corrected chi connectivity index (χ2v) is 6.73. The lowest BCUT2D eigenvalue weighted by Crippen LogP contribution is -2.32. The van der Waals surface area contributed by atoms with Gasteiger partial charge in [0, 0.05) is 38.1 Å². The number of halogens is 1. The van der Waals surface area contributed by atoms with Crippen molar-refractivity contribution >= 4 is 17.5 Å². The first kappa shape index (κ1) is 16.3. The van der Waals surface area contributed by atoms with Crippen molar-refractivity contribution in [3.05, 3.63) is 34.9 Å². The van der Waals surface area contributed by atoms with E-state index in [1.54, 1.807) is 6.92 Å². The average molecular weight is 309 g/mol. The molecule has 4 heteroatoms. The fourth-order valence-electron chi connectivity index (χ4n) is 3.17. The van der Waals surface area contributed by atoms with Crippen molar-refractivity contribution in [2.24, 2.45) is 5.92 Å². The Balaban J connectivity index is 1.82. The SMILES string of the molecule is CC(=O)N1CCC(CN(C)CC(C)c2cccc(Cl)c2)C1. The van der Waals surface area contributed by atoms with Gasteiger partial charge in [0.2, 0.25) is 5.91 Å². The first-order valence-corrected chi connectivity index (χ1v) is 8.03. The Morgan fingerprint density at radius 1 is 1.52 bits per heavy atom. The Labute approximate surface area is 132 Å². The van der Waals surface area contributed by atoms with Gasteiger partial charge >= 0.3 is 0 Å². The molecule has 1 aliphatic heterocycles. The van der Waals surface area contributed by atoms with Crippen LogP contribution in [0.1, 0.15) is 31.7 Å². The van der Waals surface area contributed by atoms with Crippen molar-refractivity contribution in [2.75, 3.05) is 33.2 Å². The first-order chi connectivity index (χ1) is 9.95. The van der Waals surface area contributed by atoms with Crippen LogP contribution in [0.4, 0.5) is 0 Å². The molecule has 1 aliphatic rings. The standard InChI is InChI=1S/C17H25ClN2O/c1-13(16-5-4-6-17(18)9-16)10-19(3)11-15-7-8-20(12-15)14(2)21/h4-6,9,13,15H,7-8,10-12H2,1-3H3. The van der Waals surface area contributed by atoms with E-state index in [2.05, 4.69) is 24.9 Å². The molecule has 1 aromatic rings. The van der Waals surface area contributed by atoms with E-state index in [1.165, 1.54) is 5.56 Å². The number of hydrogen-bond donors (Lipinski definition) is 0. The van der Waals surface area contributed by atoms with Crippen molar-refractivity contribution in [3.63, 3.8) is 0 Å². The van der Waals surface area contributed by atoms with Crippen LogP contribution >= 0.6 is 11.6 Å². The van der Waals surface area contributed by atoms with Gasteiger partial charge in [-0.1, -0.05) is 30.7 Å². The van der Waals surface area contributed by atoms with Gasteiger partial charge in [-0.3, -0.25) is 4.79 Å². The predicted molar refractivity (Wildman–Crippen MR) is 87.7 cm³/mol. The Bertz CT molecular complexity index is 491. The molecule has 1 fully saturated rings. The van der Waals surface area contributed by atoms with Gasteiger partial charge in [0.1, 0.15) is 0 Å². The minimum absolute atomic E-state index is 0.201. The van der Waals surface area contributed by atoms with Crippen LogP contribution in [0.25, 0.3) is 0 Å². The maximum atomic E-state index is 11.4. The van der Waals surface area contributed by atoms with Crippen LogP contribution in [-0.2, 0) is 4.79 Å². The Morgan fingerprint density at radius 2 is 2.29 bits per heavy atom. The van der Waals surface area contributed by atoms with E-state index in [0.717, 1.165) is 37.6 Å². The fraction of sp³-hybridized carbons (Fsp3) is 0.588. The van der Waals surface area contributed by atoms with E-state index < -0.39 is 0 Å². The Kier molecular flexibility index (Phi) is 5.65. The lowest BCUT2D eigenvalue weighted by atomic mass is 10.00. The quantitative estimate of drug-likeness (QED) is 0.833. The van der Waals surface area contributed by atoms with E-state index >= 15 is 0 Å². The van der Waals surface area contributed by atoms with Gasteiger partial charge in [0.25, 0.3) is 0 Å². The van der Waals surface area contributed by atoms with Gasteiger partial charge in [-0.2, -0.15) is 0 Å². The molecule has 1 heterocycles. The molecule has 0 spiro atoms. The number of carbonyl (C=O) groups is 1. The Morgan fingerprint density at radius 3 is 2.90 bits per heavy atom. The van der Waals surface area contributed by atoms with Crippen LogP contribution in [0.5, 0.6) is 0 Å². The van der Waals surface area contributed by atoms with Gasteiger partial charge in [-0.15, -0.1) is 0 Å². The zero-order chi connectivity index (χ0) is 15.4. The van der Waals surface area contributed by atoms with Crippen LogP contribution in [0.2, 0.25) is 5.02 Å². The fourth-order valence-corrected chi connectivity index (χ4v) is 3.37. The molecular formula is C17H25ClN2O. The van der Waals surface area contributed by atoms with E-state index in [0.29, 0.717) is 11.8 Å². The van der Waals surface area contributed by atoms with Crippen molar-refractivity contribution < 1.29 is 4.79 Å². The summed E-state index contributed by atoms with van der Waals surface area (Å²) >= 11 is 6.06. The maximum Gasteiger partial charge on any atom is 0.219 e. The molecular weight excluding hydrogens is 284 g/mol. The molecule has 21 heavy (non-hydrogen) atoms. The van der Waals surface area contributed by atoms with E-state index in [1.807, 2.05) is 23.1 Å². The minimum atomic E-state index is 0.201. The summed E-state index contributed by atoms with van der Waals surface area (Å²) in [5, 5.41) is 0.801. The molecule has 1 saturated heterocycles. The summed E-state index contributed by atoms with van der Waals surface area (Å²) in [5.41, 5.74) is 1.28. The topological polar surface area (TPSA) is 23.6 Å². The van der Waals surface area contributed by atoms with Gasteiger partial charge < -0.3 is 9.80 Å². The predicted octanol–water partition coefficient (Wildman–Crippen LogP) is 3.24. The number of likely N-dealkylation sites (tertiary alicyclic amines) is 1. The molecule has 0 aliphatic carbocycles. The zero-order valence-electron chi connectivity index (χ0n) is 13.2. The highest BCUT2D eigenvalue weighted by Crippen LogP contribution is 2.22. The molecule has 1 amide bonds. The van der Waals surface area contributed by atoms with Gasteiger partial charge in [-0.05, 0) is 43.0 Å². The summed E-state index contributed by atoms with van der Waals surface area (Å²) in [6.45, 7) is 7.78. The summed E-state index contributed by atoms with van der Waals surface area (Å²) in [6.07, 6.45) is 1.12. The molecule has 116 valence electrons. The summed E-state index contributed by atoms with van der Waals surface area (Å²) < 4.78 is 0. The molecule has 2 atom stereocenters. The average Bonchev–Trinajstić information content (AvgIpc) is 2.87. The van der Waals surface area contributed by atoms with Crippen LogP contribution in [0.3, 0.4) is 0 Å². The third kappa shape index (κ3) is 4.72. The molecule has 0 radical (unpaired) electrons. The normalized spacial score (nSPS) is 20.0. The number of hydrogen-bond acceptors (Lipinski definition) is 2. The van der Waals surface area contributed by atoms with Crippen molar-refractivity contribution in [1.82, 2.24) is 9.80 Å². The number of benzene rings is 1. The van der Waals surface area contributed by atoms with Crippen LogP contribution in [0.15, 0.2) is 24.3 Å². The lowest BCUT2D eigenvalue weighted by molar-refractivity contribution is -0.127. The highest BCUT2D eigenvalue weighted by Gasteiger charge is 2.25. The second-order valence-electron chi connectivity index (χ2n) is 6.30. The van der Waals surface area contributed by atoms with Gasteiger partial charge in [0.15, 0.2) is 0 Å². The van der Waals surface area contributed by atoms with Crippen LogP contribution in [-0.4, -0.2) is 48.9 Å². The molecule has 2 rings (SSSR count). The van der Waals surface area contributed by atoms with Crippen LogP contribution < -0.4 is 0 Å². The first-order valence-electron chi connectivity index (χ1n) is 7.65. The molecule has 0 aromatic heterocycles. The number of amides is 1. The number of nitrogens with zero attached hydrogens (tertiary/aromatic N) is 2. The molecule has 3 nitrogen and oxygen atoms in total. The minimum Gasteiger partial charge on any atom is -0.343 e. The Hall–Kier alpha value is -1.06. The highest BCUT2D eigenvalue weighted by molar-refractivity contribution is 6.30. The molecule has 0 bridgehead atoms. The number of carbonyl (C=O) groups excluding carboxylic acids is 1. The van der Waals surface area contributed by atoms with Gasteiger partial charge in [0.05, 0.1) is 0 Å².